The molecule has 2 bridgehead atoms. The van der Waals surface area contributed by atoms with Crippen LogP contribution in [0.5, 0.6) is 0 Å². The number of ether oxygens (including phenoxy) is 4. The molecule has 15 heteroatoms. The summed E-state index contributed by atoms with van der Waals surface area (Å²) in [6.45, 7) is 9.37. The molecular weight excluding hydrogens is 683 g/mol. The molecule has 1 aliphatic heterocycles. The van der Waals surface area contributed by atoms with Crippen LogP contribution in [0, 0.1) is 28.6 Å². The quantitative estimate of drug-likeness (QED) is 0.0859. The van der Waals surface area contributed by atoms with Gasteiger partial charge in [0.2, 0.25) is 0 Å². The molecular formula is C35H52F3NO10S. The lowest BCUT2D eigenvalue weighted by Crippen LogP contribution is -2.42. The normalized spacial score (nSPS) is 27.4. The van der Waals surface area contributed by atoms with Crippen molar-refractivity contribution in [1.29, 1.82) is 0 Å². The molecule has 6 unspecified atom stereocenters. The summed E-state index contributed by atoms with van der Waals surface area (Å²) in [5, 5.41) is 0. The summed E-state index contributed by atoms with van der Waals surface area (Å²) in [5.74, 6) is -2.29. The maximum atomic E-state index is 14.0. The topological polar surface area (TPSA) is 151 Å². The van der Waals surface area contributed by atoms with Crippen molar-refractivity contribution in [3.8, 4) is 0 Å². The molecule has 3 saturated carbocycles. The largest absolute Gasteiger partial charge is 0.511 e. The van der Waals surface area contributed by atoms with Gasteiger partial charge in [-0.25, -0.2) is 17.9 Å². The zero-order chi connectivity index (χ0) is 37.1. The van der Waals surface area contributed by atoms with E-state index in [0.29, 0.717) is 12.8 Å². The smallest absolute Gasteiger partial charge is 0.464 e. The van der Waals surface area contributed by atoms with Crippen molar-refractivity contribution in [2.24, 2.45) is 28.6 Å². The summed E-state index contributed by atoms with van der Waals surface area (Å²) in [6, 6.07) is 0. The predicted octanol–water partition coefficient (Wildman–Crippen LogP) is 6.05. The van der Waals surface area contributed by atoms with Crippen LogP contribution in [0.2, 0.25) is 0 Å². The Morgan fingerprint density at radius 3 is 2.24 bits per heavy atom. The first kappa shape index (κ1) is 40.1. The van der Waals surface area contributed by atoms with Gasteiger partial charge >= 0.3 is 39.4 Å². The highest BCUT2D eigenvalue weighted by atomic mass is 32.2. The number of alkyl halides is 3. The second kappa shape index (κ2) is 15.5. The van der Waals surface area contributed by atoms with Gasteiger partial charge in [0.05, 0.1) is 16.7 Å². The summed E-state index contributed by atoms with van der Waals surface area (Å²) < 4.78 is 84.4. The van der Waals surface area contributed by atoms with Gasteiger partial charge < -0.3 is 18.9 Å². The number of esters is 4. The van der Waals surface area contributed by atoms with Crippen LogP contribution >= 0.6 is 0 Å². The maximum absolute atomic E-state index is 14.0. The number of rotatable bonds is 16. The van der Waals surface area contributed by atoms with Crippen LogP contribution in [-0.4, -0.2) is 68.8 Å². The van der Waals surface area contributed by atoms with Crippen LogP contribution < -0.4 is 4.72 Å². The van der Waals surface area contributed by atoms with Crippen LogP contribution in [0.3, 0.4) is 0 Å². The van der Waals surface area contributed by atoms with E-state index < -0.39 is 75.2 Å². The molecule has 0 aromatic carbocycles. The van der Waals surface area contributed by atoms with Crippen LogP contribution in [0.1, 0.15) is 118 Å². The van der Waals surface area contributed by atoms with Crippen molar-refractivity contribution >= 4 is 33.9 Å². The average Bonchev–Trinajstić information content (AvgIpc) is 3.67. The molecule has 1 N–H and O–H groups in total. The van der Waals surface area contributed by atoms with E-state index in [1.807, 2.05) is 6.92 Å². The minimum atomic E-state index is -5.59. The Hall–Kier alpha value is -2.68. The fourth-order valence-corrected chi connectivity index (χ4v) is 8.34. The van der Waals surface area contributed by atoms with Crippen molar-refractivity contribution in [1.82, 2.24) is 4.72 Å². The van der Waals surface area contributed by atoms with Crippen molar-refractivity contribution in [3.63, 3.8) is 0 Å². The number of carbonyl (C=O) groups excluding carboxylic acids is 4. The lowest BCUT2D eigenvalue weighted by atomic mass is 9.74. The number of halogens is 3. The molecule has 11 nitrogen and oxygen atoms in total. The van der Waals surface area contributed by atoms with Crippen molar-refractivity contribution in [3.05, 3.63) is 12.2 Å². The van der Waals surface area contributed by atoms with Gasteiger partial charge in [0, 0.05) is 24.0 Å². The molecule has 1 heterocycles. The maximum Gasteiger partial charge on any atom is 0.511 e. The molecule has 0 spiro atoms. The average molecular weight is 736 g/mol. The van der Waals surface area contributed by atoms with Crippen molar-refractivity contribution < 1.29 is 59.7 Å². The van der Waals surface area contributed by atoms with Gasteiger partial charge in [-0.3, -0.25) is 14.4 Å². The van der Waals surface area contributed by atoms with Gasteiger partial charge in [-0.1, -0.05) is 32.8 Å². The fourth-order valence-electron chi connectivity index (χ4n) is 7.82. The molecule has 4 rings (SSSR count). The van der Waals surface area contributed by atoms with Gasteiger partial charge in [0.1, 0.15) is 24.4 Å². The minimum Gasteiger partial charge on any atom is -0.464 e. The third-order valence-corrected chi connectivity index (χ3v) is 12.6. The Morgan fingerprint density at radius 2 is 1.62 bits per heavy atom. The molecule has 50 heavy (non-hydrogen) atoms. The van der Waals surface area contributed by atoms with Gasteiger partial charge in [-0.05, 0) is 91.4 Å². The highest BCUT2D eigenvalue weighted by Crippen LogP contribution is 2.56. The number of nitrogens with one attached hydrogen (secondary N) is 1. The van der Waals surface area contributed by atoms with E-state index in [1.165, 1.54) is 11.1 Å². The van der Waals surface area contributed by atoms with Gasteiger partial charge in [-0.2, -0.15) is 13.2 Å². The molecule has 3 aliphatic carbocycles. The fraction of sp³-hybridized carbons (Fsp3) is 0.829. The van der Waals surface area contributed by atoms with Crippen LogP contribution in [-0.2, 0) is 48.1 Å². The van der Waals surface area contributed by atoms with Gasteiger partial charge in [-0.15, -0.1) is 0 Å². The molecule has 4 fully saturated rings. The number of hydrogen-bond donors (Lipinski definition) is 1. The van der Waals surface area contributed by atoms with Gasteiger partial charge in [0.15, 0.2) is 0 Å². The van der Waals surface area contributed by atoms with Crippen LogP contribution in [0.4, 0.5) is 13.2 Å². The van der Waals surface area contributed by atoms with Crippen molar-refractivity contribution in [2.45, 2.75) is 141 Å². The number of hydrogen-bond acceptors (Lipinski definition) is 10. The van der Waals surface area contributed by atoms with E-state index in [1.54, 1.807) is 20.8 Å². The Bertz CT molecular complexity index is 1410. The molecule has 0 amide bonds. The summed E-state index contributed by atoms with van der Waals surface area (Å²) >= 11 is 0. The van der Waals surface area contributed by atoms with E-state index in [0.717, 1.165) is 44.9 Å². The third kappa shape index (κ3) is 9.02. The predicted molar refractivity (Wildman–Crippen MR) is 174 cm³/mol. The monoisotopic (exact) mass is 735 g/mol. The molecule has 1 saturated heterocycles. The standard InChI is InChI=1S/C35H52F3NO10S/c1-6-34(13-10-8-7-9-11-14-34)49-28(40)22(2)12-15-33(5,31(43)48-26-23-20-24-25(21-23)29(41)47-27(24)26)17-16-32(3,4)30(42)46-19-18-39-50(44,45)35(36,37)38/h23-27,39H,2,6-21H2,1,3-5H3. The third-order valence-electron chi connectivity index (χ3n) is 11.4. The second-order valence-electron chi connectivity index (χ2n) is 15.5. The Balaban J connectivity index is 1.41. The molecule has 4 aliphatic rings. The Kier molecular flexibility index (Phi) is 12.4. The minimum absolute atomic E-state index is 0.00482. The van der Waals surface area contributed by atoms with E-state index in [9.17, 15) is 40.8 Å². The highest BCUT2D eigenvalue weighted by molar-refractivity contribution is 7.90. The summed E-state index contributed by atoms with van der Waals surface area (Å²) in [6.07, 6.45) is 8.20. The first-order chi connectivity index (χ1) is 23.2. The summed E-state index contributed by atoms with van der Waals surface area (Å²) in [4.78, 5) is 52.6. The lowest BCUT2D eigenvalue weighted by molar-refractivity contribution is -0.173. The lowest BCUT2D eigenvalue weighted by Gasteiger charge is -2.35. The summed E-state index contributed by atoms with van der Waals surface area (Å²) in [5.41, 5.74) is -8.30. The zero-order valence-corrected chi connectivity index (χ0v) is 30.3. The molecule has 284 valence electrons. The van der Waals surface area contributed by atoms with Gasteiger partial charge in [0.25, 0.3) is 0 Å². The number of fused-ring (bicyclic) bond motifs is 1. The van der Waals surface area contributed by atoms with Crippen LogP contribution in [0.25, 0.3) is 0 Å². The molecule has 0 aromatic heterocycles. The molecule has 6 atom stereocenters. The first-order valence-corrected chi connectivity index (χ1v) is 19.3. The van der Waals surface area contributed by atoms with Crippen LogP contribution in [0.15, 0.2) is 12.2 Å². The van der Waals surface area contributed by atoms with E-state index in [4.69, 9.17) is 18.9 Å². The molecule has 0 radical (unpaired) electrons. The highest BCUT2D eigenvalue weighted by Gasteiger charge is 2.63. The number of carbonyl (C=O) groups is 4. The van der Waals surface area contributed by atoms with E-state index >= 15 is 0 Å². The Morgan fingerprint density at radius 1 is 0.980 bits per heavy atom. The molecule has 0 aromatic rings. The van der Waals surface area contributed by atoms with E-state index in [-0.39, 0.29) is 55.0 Å². The van der Waals surface area contributed by atoms with E-state index in [2.05, 4.69) is 6.58 Å². The second-order valence-corrected chi connectivity index (χ2v) is 17.3. The first-order valence-electron chi connectivity index (χ1n) is 17.8. The number of sulfonamides is 1. The SMILES string of the molecule is C=C(CCC(C)(CCC(C)(C)C(=O)OCCNS(=O)(=O)C(F)(F)F)C(=O)OC1C2CC3C(=O)OC1C3C2)C(=O)OC1(CC)CCCCCCC1. The zero-order valence-electron chi connectivity index (χ0n) is 29.5. The summed E-state index contributed by atoms with van der Waals surface area (Å²) in [7, 11) is -5.59. The van der Waals surface area contributed by atoms with Crippen molar-refractivity contribution in [2.75, 3.05) is 13.2 Å². The Labute approximate surface area is 292 Å².